The summed E-state index contributed by atoms with van der Waals surface area (Å²) < 4.78 is 0. The van der Waals surface area contributed by atoms with Crippen molar-refractivity contribution in [1.82, 2.24) is 9.80 Å². The van der Waals surface area contributed by atoms with E-state index in [-0.39, 0.29) is 22.9 Å². The number of rotatable bonds is 2. The van der Waals surface area contributed by atoms with E-state index in [2.05, 4.69) is 4.99 Å². The number of amides is 3. The van der Waals surface area contributed by atoms with E-state index < -0.39 is 12.1 Å². The van der Waals surface area contributed by atoms with Crippen LogP contribution in [0.15, 0.2) is 40.7 Å². The number of aliphatic imine (C=N–C) groups is 1. The minimum Gasteiger partial charge on any atom is -0.278 e. The summed E-state index contributed by atoms with van der Waals surface area (Å²) in [6, 6.07) is 5.27. The molecule has 1 aromatic rings. The number of carbonyl (C=O) groups excluding carboxylic acids is 2. The summed E-state index contributed by atoms with van der Waals surface area (Å²) in [4.78, 5) is 43.9. The summed E-state index contributed by atoms with van der Waals surface area (Å²) >= 11 is 0. The van der Waals surface area contributed by atoms with Crippen LogP contribution in [0.25, 0.3) is 0 Å². The number of nitrogens with zero attached hydrogens (tertiary/aromatic N) is 4. The molecule has 0 spiro atoms. The van der Waals surface area contributed by atoms with E-state index in [4.69, 9.17) is 0 Å². The van der Waals surface area contributed by atoms with Gasteiger partial charge < -0.3 is 0 Å². The Hall–Kier alpha value is -3.03. The minimum absolute atomic E-state index is 0.170. The van der Waals surface area contributed by atoms with E-state index in [1.54, 1.807) is 30.5 Å². The molecule has 0 radical (unpaired) electrons. The molecule has 3 heterocycles. The molecule has 1 saturated heterocycles. The molecule has 0 aromatic heterocycles. The van der Waals surface area contributed by atoms with Crippen LogP contribution < -0.4 is 0 Å². The van der Waals surface area contributed by atoms with Gasteiger partial charge in [-0.25, -0.2) is 4.79 Å². The van der Waals surface area contributed by atoms with Crippen molar-refractivity contribution in [2.24, 2.45) is 4.99 Å². The van der Waals surface area contributed by atoms with Gasteiger partial charge in [0.2, 0.25) is 6.04 Å². The van der Waals surface area contributed by atoms with Crippen molar-refractivity contribution < 1.29 is 14.5 Å². The van der Waals surface area contributed by atoms with Gasteiger partial charge in [0.15, 0.2) is 0 Å². The zero-order valence-electron chi connectivity index (χ0n) is 13.2. The van der Waals surface area contributed by atoms with Gasteiger partial charge in [-0.15, -0.1) is 0 Å². The molecule has 126 valence electrons. The van der Waals surface area contributed by atoms with Gasteiger partial charge in [-0.3, -0.25) is 29.7 Å². The van der Waals surface area contributed by atoms with Gasteiger partial charge in [-0.2, -0.15) is 0 Å². The van der Waals surface area contributed by atoms with E-state index in [1.165, 1.54) is 9.80 Å². The normalized spacial score (nSPS) is 29.5. The number of imide groups is 1. The number of hydrogen-bond acceptors (Lipinski definition) is 5. The number of nitro groups is 1. The molecular formula is C17H14N4O4. The van der Waals surface area contributed by atoms with Crippen LogP contribution in [0.3, 0.4) is 0 Å². The van der Waals surface area contributed by atoms with Gasteiger partial charge in [0.1, 0.15) is 5.70 Å². The van der Waals surface area contributed by atoms with Crippen molar-refractivity contribution in [2.75, 3.05) is 0 Å². The van der Waals surface area contributed by atoms with E-state index in [9.17, 15) is 19.7 Å². The highest BCUT2D eigenvalue weighted by atomic mass is 16.6. The monoisotopic (exact) mass is 338 g/mol. The average Bonchev–Trinajstić information content (AvgIpc) is 3.28. The zero-order valence-corrected chi connectivity index (χ0v) is 13.2. The van der Waals surface area contributed by atoms with Crippen LogP contribution in [-0.4, -0.2) is 38.9 Å². The second-order valence-corrected chi connectivity index (χ2v) is 6.70. The van der Waals surface area contributed by atoms with Crippen LogP contribution in [0.4, 0.5) is 4.79 Å². The number of benzene rings is 1. The molecule has 1 fully saturated rings. The van der Waals surface area contributed by atoms with Crippen LogP contribution in [-0.2, 0) is 4.79 Å². The van der Waals surface area contributed by atoms with Crippen LogP contribution in [0.2, 0.25) is 0 Å². The maximum atomic E-state index is 12.9. The maximum Gasteiger partial charge on any atom is 0.332 e. The summed E-state index contributed by atoms with van der Waals surface area (Å²) in [6.07, 6.45) is 3.00. The van der Waals surface area contributed by atoms with Crippen LogP contribution >= 0.6 is 0 Å². The van der Waals surface area contributed by atoms with E-state index >= 15 is 0 Å². The molecule has 1 aromatic carbocycles. The van der Waals surface area contributed by atoms with Crippen LogP contribution in [0, 0.1) is 10.1 Å². The molecule has 0 saturated carbocycles. The molecule has 1 aliphatic carbocycles. The van der Waals surface area contributed by atoms with Crippen LogP contribution in [0.1, 0.15) is 42.5 Å². The SMILES string of the molecule is O=C1C2=C3C[C@H](C=N3)N2C(=O)N1C1CCC([N+](=O)[O-])c2ccccc21. The van der Waals surface area contributed by atoms with E-state index in [1.807, 2.05) is 0 Å². The molecule has 2 unspecified atom stereocenters. The largest absolute Gasteiger partial charge is 0.332 e. The Balaban J connectivity index is 1.58. The Bertz CT molecular complexity index is 906. The lowest BCUT2D eigenvalue weighted by Gasteiger charge is -2.32. The van der Waals surface area contributed by atoms with Crippen LogP contribution in [0.5, 0.6) is 0 Å². The highest BCUT2D eigenvalue weighted by Gasteiger charge is 2.54. The summed E-state index contributed by atoms with van der Waals surface area (Å²) in [5, 5.41) is 11.4. The molecule has 3 atom stereocenters. The molecule has 8 nitrogen and oxygen atoms in total. The molecule has 0 N–H and O–H groups in total. The predicted molar refractivity (Wildman–Crippen MR) is 86.2 cm³/mol. The number of fused-ring (bicyclic) bond motifs is 5. The lowest BCUT2D eigenvalue weighted by atomic mass is 9.83. The van der Waals surface area contributed by atoms with Gasteiger partial charge in [-0.05, 0) is 12.0 Å². The average molecular weight is 338 g/mol. The number of urea groups is 1. The Morgan fingerprint density at radius 3 is 2.60 bits per heavy atom. The molecule has 5 rings (SSSR count). The number of carbonyl (C=O) groups is 2. The van der Waals surface area contributed by atoms with Crippen molar-refractivity contribution in [1.29, 1.82) is 0 Å². The Kier molecular flexibility index (Phi) is 2.72. The standard InChI is InChI=1S/C17H14N4O4/c22-16-15-12-7-9(8-18-12)19(15)17(23)20(16)13-5-6-14(21(24)25)11-4-2-1-3-10(11)13/h1-4,8-9,13-14H,5-7H2/t9-,13?,14?/m1/s1. The van der Waals surface area contributed by atoms with Crippen molar-refractivity contribution in [3.05, 3.63) is 56.9 Å². The Morgan fingerprint density at radius 1 is 1.12 bits per heavy atom. The van der Waals surface area contributed by atoms with Gasteiger partial charge in [0.05, 0.1) is 17.8 Å². The lowest BCUT2D eigenvalue weighted by molar-refractivity contribution is -0.531. The van der Waals surface area contributed by atoms with Gasteiger partial charge in [0, 0.05) is 29.5 Å². The predicted octanol–water partition coefficient (Wildman–Crippen LogP) is 2.17. The second-order valence-electron chi connectivity index (χ2n) is 6.70. The summed E-state index contributed by atoms with van der Waals surface area (Å²) in [6.45, 7) is 0. The number of hydrogen-bond donors (Lipinski definition) is 0. The maximum absolute atomic E-state index is 12.9. The second kappa shape index (κ2) is 4.75. The minimum atomic E-state index is -0.790. The molecule has 8 heteroatoms. The summed E-state index contributed by atoms with van der Waals surface area (Å²) in [5.41, 5.74) is 2.33. The first-order valence-electron chi connectivity index (χ1n) is 8.24. The van der Waals surface area contributed by atoms with Crippen molar-refractivity contribution in [3.8, 4) is 0 Å². The quantitative estimate of drug-likeness (QED) is 0.469. The fraction of sp³-hybridized carbons (Fsp3) is 0.353. The first-order chi connectivity index (χ1) is 12.1. The van der Waals surface area contributed by atoms with Gasteiger partial charge >= 0.3 is 6.03 Å². The summed E-state index contributed by atoms with van der Waals surface area (Å²) in [7, 11) is 0. The molecule has 25 heavy (non-hydrogen) atoms. The molecule has 2 bridgehead atoms. The fourth-order valence-electron chi connectivity index (χ4n) is 4.39. The van der Waals surface area contributed by atoms with E-state index in [0.717, 1.165) is 0 Å². The molecule has 3 aliphatic heterocycles. The first kappa shape index (κ1) is 14.3. The lowest BCUT2D eigenvalue weighted by Crippen LogP contribution is -2.41. The smallest absolute Gasteiger partial charge is 0.278 e. The first-order valence-corrected chi connectivity index (χ1v) is 8.24. The Labute approximate surface area is 142 Å². The Morgan fingerprint density at radius 2 is 1.88 bits per heavy atom. The molecule has 3 amide bonds. The van der Waals surface area contributed by atoms with Crippen molar-refractivity contribution in [2.45, 2.75) is 37.4 Å². The van der Waals surface area contributed by atoms with E-state index in [0.29, 0.717) is 41.8 Å². The van der Waals surface area contributed by atoms with Gasteiger partial charge in [0.25, 0.3) is 5.91 Å². The van der Waals surface area contributed by atoms with Crippen molar-refractivity contribution in [3.63, 3.8) is 0 Å². The highest BCUT2D eigenvalue weighted by Crippen LogP contribution is 2.46. The third-order valence-electron chi connectivity index (χ3n) is 5.48. The molecular weight excluding hydrogens is 324 g/mol. The third kappa shape index (κ3) is 1.73. The third-order valence-corrected chi connectivity index (χ3v) is 5.48. The topological polar surface area (TPSA) is 96.1 Å². The summed E-state index contributed by atoms with van der Waals surface area (Å²) in [5.74, 6) is -0.335. The fourth-order valence-corrected chi connectivity index (χ4v) is 4.39. The van der Waals surface area contributed by atoms with Crippen molar-refractivity contribution >= 4 is 18.2 Å². The zero-order chi connectivity index (χ0) is 17.3. The van der Waals surface area contributed by atoms with Gasteiger partial charge in [-0.1, -0.05) is 24.3 Å². The molecule has 4 aliphatic rings. The highest BCUT2D eigenvalue weighted by molar-refractivity contribution is 6.15.